The lowest BCUT2D eigenvalue weighted by Crippen LogP contribution is -2.42. The highest BCUT2D eigenvalue weighted by molar-refractivity contribution is 5.77. The molecule has 2 aromatic rings. The third-order valence-electron chi connectivity index (χ3n) is 4.37. The molecule has 0 saturated carbocycles. The van der Waals surface area contributed by atoms with Crippen molar-refractivity contribution in [2.24, 2.45) is 5.92 Å². The fourth-order valence-corrected chi connectivity index (χ4v) is 3.08. The number of carbonyl (C=O) groups is 1. The Morgan fingerprint density at radius 2 is 2.25 bits per heavy atom. The third kappa shape index (κ3) is 4.54. The topological polar surface area (TPSA) is 55.3 Å². The number of rotatable bonds is 5. The normalized spacial score (nSPS) is 17.5. The quantitative estimate of drug-likeness (QED) is 0.848. The fourth-order valence-electron chi connectivity index (χ4n) is 3.08. The molecule has 5 heteroatoms. The van der Waals surface area contributed by atoms with Crippen LogP contribution >= 0.6 is 0 Å². The first-order valence-electron chi connectivity index (χ1n) is 8.43. The number of aromatic nitrogens is 2. The molecule has 24 heavy (non-hydrogen) atoms. The van der Waals surface area contributed by atoms with Gasteiger partial charge in [-0.2, -0.15) is 0 Å². The van der Waals surface area contributed by atoms with E-state index in [2.05, 4.69) is 16.0 Å². The number of amides is 1. The average Bonchev–Trinajstić information content (AvgIpc) is 2.63. The molecule has 0 bridgehead atoms. The van der Waals surface area contributed by atoms with Crippen LogP contribution in [0.2, 0.25) is 0 Å². The van der Waals surface area contributed by atoms with E-state index in [-0.39, 0.29) is 12.5 Å². The van der Waals surface area contributed by atoms with Gasteiger partial charge < -0.3 is 9.64 Å². The molecular formula is C19H23N3O2. The van der Waals surface area contributed by atoms with Gasteiger partial charge in [-0.3, -0.25) is 14.8 Å². The molecule has 3 heterocycles. The zero-order chi connectivity index (χ0) is 16.8. The molecule has 1 fully saturated rings. The highest BCUT2D eigenvalue weighted by Crippen LogP contribution is 2.21. The van der Waals surface area contributed by atoms with Crippen molar-refractivity contribution in [1.82, 2.24) is 14.9 Å². The average molecular weight is 325 g/mol. The van der Waals surface area contributed by atoms with E-state index in [1.807, 2.05) is 30.2 Å². The second-order valence-corrected chi connectivity index (χ2v) is 6.34. The van der Waals surface area contributed by atoms with Gasteiger partial charge in [-0.1, -0.05) is 6.07 Å². The van der Waals surface area contributed by atoms with Crippen molar-refractivity contribution >= 4 is 5.91 Å². The standard InChI is InChI=1S/C19H23N3O2/c1-15-6-7-16(11-21-15)10-17-4-3-9-22(13-17)19(23)14-24-18-5-2-8-20-12-18/h2,5-8,11-12,17H,3-4,9-10,13-14H2,1H3/t17-/m1/s1. The zero-order valence-corrected chi connectivity index (χ0v) is 14.0. The van der Waals surface area contributed by atoms with Gasteiger partial charge in [0.05, 0.1) is 6.20 Å². The maximum Gasteiger partial charge on any atom is 0.260 e. The molecule has 1 atom stereocenters. The number of pyridine rings is 2. The Morgan fingerprint density at radius 3 is 3.00 bits per heavy atom. The molecule has 0 unspecified atom stereocenters. The van der Waals surface area contributed by atoms with Gasteiger partial charge in [0.1, 0.15) is 5.75 Å². The Labute approximate surface area is 142 Å². The van der Waals surface area contributed by atoms with Gasteiger partial charge >= 0.3 is 0 Å². The number of nitrogens with zero attached hydrogens (tertiary/aromatic N) is 3. The lowest BCUT2D eigenvalue weighted by atomic mass is 9.92. The van der Waals surface area contributed by atoms with Crippen LogP contribution in [0.4, 0.5) is 0 Å². The van der Waals surface area contributed by atoms with Crippen LogP contribution in [0.25, 0.3) is 0 Å². The van der Waals surface area contributed by atoms with Crippen LogP contribution < -0.4 is 4.74 Å². The summed E-state index contributed by atoms with van der Waals surface area (Å²) in [5.74, 6) is 1.17. The second kappa shape index (κ2) is 7.90. The van der Waals surface area contributed by atoms with Crippen molar-refractivity contribution in [3.8, 4) is 5.75 Å². The van der Waals surface area contributed by atoms with E-state index in [0.29, 0.717) is 11.7 Å². The smallest absolute Gasteiger partial charge is 0.260 e. The van der Waals surface area contributed by atoms with Crippen molar-refractivity contribution in [3.63, 3.8) is 0 Å². The van der Waals surface area contributed by atoms with E-state index in [1.165, 1.54) is 5.56 Å². The van der Waals surface area contributed by atoms with E-state index < -0.39 is 0 Å². The maximum atomic E-state index is 12.4. The van der Waals surface area contributed by atoms with Crippen molar-refractivity contribution < 1.29 is 9.53 Å². The fraction of sp³-hybridized carbons (Fsp3) is 0.421. The second-order valence-electron chi connectivity index (χ2n) is 6.34. The summed E-state index contributed by atoms with van der Waals surface area (Å²) in [6.07, 6.45) is 8.42. The number of hydrogen-bond acceptors (Lipinski definition) is 4. The van der Waals surface area contributed by atoms with Crippen LogP contribution in [0.1, 0.15) is 24.1 Å². The van der Waals surface area contributed by atoms with Gasteiger partial charge in [0.2, 0.25) is 0 Å². The molecule has 1 aliphatic heterocycles. The Morgan fingerprint density at radius 1 is 1.33 bits per heavy atom. The summed E-state index contributed by atoms with van der Waals surface area (Å²) in [7, 11) is 0. The number of piperidine rings is 1. The van der Waals surface area contributed by atoms with Gasteiger partial charge in [0.15, 0.2) is 6.61 Å². The van der Waals surface area contributed by atoms with E-state index in [1.54, 1.807) is 18.5 Å². The predicted octanol–water partition coefficient (Wildman–Crippen LogP) is 2.65. The van der Waals surface area contributed by atoms with E-state index in [0.717, 1.165) is 38.0 Å². The minimum absolute atomic E-state index is 0.0468. The molecule has 0 aliphatic carbocycles. The highest BCUT2D eigenvalue weighted by Gasteiger charge is 2.24. The van der Waals surface area contributed by atoms with Crippen molar-refractivity contribution in [2.75, 3.05) is 19.7 Å². The number of carbonyl (C=O) groups excluding carboxylic acids is 1. The lowest BCUT2D eigenvalue weighted by molar-refractivity contribution is -0.135. The largest absolute Gasteiger partial charge is 0.482 e. The van der Waals surface area contributed by atoms with E-state index in [9.17, 15) is 4.79 Å². The molecule has 1 saturated heterocycles. The summed E-state index contributed by atoms with van der Waals surface area (Å²) < 4.78 is 5.52. The van der Waals surface area contributed by atoms with Crippen molar-refractivity contribution in [2.45, 2.75) is 26.2 Å². The highest BCUT2D eigenvalue weighted by atomic mass is 16.5. The molecule has 0 aromatic carbocycles. The first-order chi connectivity index (χ1) is 11.7. The Balaban J connectivity index is 1.51. The number of likely N-dealkylation sites (tertiary alicyclic amines) is 1. The summed E-state index contributed by atoms with van der Waals surface area (Å²) in [5, 5.41) is 0. The first-order valence-corrected chi connectivity index (χ1v) is 8.43. The van der Waals surface area contributed by atoms with Crippen LogP contribution in [-0.4, -0.2) is 40.5 Å². The van der Waals surface area contributed by atoms with Crippen molar-refractivity contribution in [1.29, 1.82) is 0 Å². The van der Waals surface area contributed by atoms with Gasteiger partial charge in [-0.15, -0.1) is 0 Å². The Bertz CT molecular complexity index is 658. The molecule has 0 spiro atoms. The van der Waals surface area contributed by atoms with Crippen LogP contribution in [0.5, 0.6) is 5.75 Å². The van der Waals surface area contributed by atoms with E-state index in [4.69, 9.17) is 4.74 Å². The molecule has 0 N–H and O–H groups in total. The summed E-state index contributed by atoms with van der Waals surface area (Å²) >= 11 is 0. The minimum atomic E-state index is 0.0468. The van der Waals surface area contributed by atoms with Gasteiger partial charge in [0.25, 0.3) is 5.91 Å². The summed E-state index contributed by atoms with van der Waals surface area (Å²) in [6, 6.07) is 7.79. The predicted molar refractivity (Wildman–Crippen MR) is 91.7 cm³/mol. The maximum absolute atomic E-state index is 12.4. The minimum Gasteiger partial charge on any atom is -0.482 e. The van der Waals surface area contributed by atoms with Crippen molar-refractivity contribution in [3.05, 3.63) is 54.1 Å². The van der Waals surface area contributed by atoms with E-state index >= 15 is 0 Å². The summed E-state index contributed by atoms with van der Waals surface area (Å²) in [4.78, 5) is 22.6. The van der Waals surface area contributed by atoms with Gasteiger partial charge in [-0.25, -0.2) is 0 Å². The monoisotopic (exact) mass is 325 g/mol. The number of hydrogen-bond donors (Lipinski definition) is 0. The van der Waals surface area contributed by atoms with Gasteiger partial charge in [0, 0.05) is 31.2 Å². The molecule has 1 amide bonds. The molecule has 5 nitrogen and oxygen atoms in total. The van der Waals surface area contributed by atoms with Crippen LogP contribution in [-0.2, 0) is 11.2 Å². The lowest BCUT2D eigenvalue weighted by Gasteiger charge is -2.32. The molecule has 2 aromatic heterocycles. The Hall–Kier alpha value is -2.43. The molecule has 3 rings (SSSR count). The molecular weight excluding hydrogens is 302 g/mol. The Kier molecular flexibility index (Phi) is 5.41. The SMILES string of the molecule is Cc1ccc(C[C@H]2CCCN(C(=O)COc3cccnc3)C2)cn1. The zero-order valence-electron chi connectivity index (χ0n) is 14.0. The molecule has 126 valence electrons. The molecule has 0 radical (unpaired) electrons. The van der Waals surface area contributed by atoms with Crippen LogP contribution in [0.3, 0.4) is 0 Å². The van der Waals surface area contributed by atoms with Crippen LogP contribution in [0.15, 0.2) is 42.9 Å². The summed E-state index contributed by atoms with van der Waals surface area (Å²) in [5.41, 5.74) is 2.28. The number of aryl methyl sites for hydroxylation is 1. The summed E-state index contributed by atoms with van der Waals surface area (Å²) in [6.45, 7) is 3.68. The third-order valence-corrected chi connectivity index (χ3v) is 4.37. The molecule has 1 aliphatic rings. The van der Waals surface area contributed by atoms with Gasteiger partial charge in [-0.05, 0) is 55.9 Å². The first kappa shape index (κ1) is 16.4. The van der Waals surface area contributed by atoms with Crippen LogP contribution in [0, 0.1) is 12.8 Å². The number of ether oxygens (including phenoxy) is 1.